The van der Waals surface area contributed by atoms with Crippen molar-refractivity contribution in [3.05, 3.63) is 23.1 Å². The van der Waals surface area contributed by atoms with Gasteiger partial charge in [0.2, 0.25) is 5.91 Å². The van der Waals surface area contributed by atoms with Crippen molar-refractivity contribution >= 4 is 40.3 Å². The molecule has 2 heterocycles. The largest absolute Gasteiger partial charge is 0.347 e. The van der Waals surface area contributed by atoms with Gasteiger partial charge < -0.3 is 9.47 Å². The Morgan fingerprint density at radius 2 is 2.20 bits per heavy atom. The van der Waals surface area contributed by atoms with Crippen LogP contribution in [0.3, 0.4) is 0 Å². The predicted molar refractivity (Wildman–Crippen MR) is 80.4 cm³/mol. The average molecular weight is 315 g/mol. The summed E-state index contributed by atoms with van der Waals surface area (Å²) in [5.41, 5.74) is 1.33. The Kier molecular flexibility index (Phi) is 4.50. The molecule has 0 aromatic carbocycles. The van der Waals surface area contributed by atoms with Crippen LogP contribution in [-0.2, 0) is 11.2 Å². The van der Waals surface area contributed by atoms with E-state index >= 15 is 0 Å². The van der Waals surface area contributed by atoms with Gasteiger partial charge in [-0.15, -0.1) is 11.6 Å². The third-order valence-corrected chi connectivity index (χ3v) is 3.47. The lowest BCUT2D eigenvalue weighted by atomic mass is 10.2. The number of fused-ring (bicyclic) bond motifs is 1. The molecule has 0 aliphatic rings. The Bertz CT molecular complexity index is 639. The molecule has 0 N–H and O–H groups in total. The second-order valence-corrected chi connectivity index (χ2v) is 5.56. The number of imidazole rings is 1. The number of carbonyl (C=O) groups excluding carboxylic acids is 1. The van der Waals surface area contributed by atoms with Crippen molar-refractivity contribution in [2.75, 3.05) is 20.0 Å². The highest BCUT2D eigenvalue weighted by molar-refractivity contribution is 6.31. The SMILES string of the molecule is CC(C(=O)N(C)C)n1c(CCCl)nc2cc(Cl)cnc21. The van der Waals surface area contributed by atoms with Crippen LogP contribution in [0.4, 0.5) is 0 Å². The minimum absolute atomic E-state index is 0.0168. The van der Waals surface area contributed by atoms with Gasteiger partial charge in [-0.2, -0.15) is 0 Å². The topological polar surface area (TPSA) is 51.0 Å². The highest BCUT2D eigenvalue weighted by atomic mass is 35.5. The zero-order valence-corrected chi connectivity index (χ0v) is 13.1. The zero-order valence-electron chi connectivity index (χ0n) is 11.6. The maximum Gasteiger partial charge on any atom is 0.244 e. The number of pyridine rings is 1. The van der Waals surface area contributed by atoms with Gasteiger partial charge in [-0.1, -0.05) is 11.6 Å². The van der Waals surface area contributed by atoms with Gasteiger partial charge in [0.25, 0.3) is 0 Å². The number of hydrogen-bond acceptors (Lipinski definition) is 3. The van der Waals surface area contributed by atoms with Crippen molar-refractivity contribution in [3.63, 3.8) is 0 Å². The minimum atomic E-state index is -0.387. The van der Waals surface area contributed by atoms with Crippen LogP contribution in [0.1, 0.15) is 18.8 Å². The Balaban J connectivity index is 2.59. The van der Waals surface area contributed by atoms with Gasteiger partial charge in [-0.25, -0.2) is 9.97 Å². The van der Waals surface area contributed by atoms with E-state index in [0.29, 0.717) is 28.5 Å². The summed E-state index contributed by atoms with van der Waals surface area (Å²) >= 11 is 11.8. The molecule has 0 spiro atoms. The molecule has 0 fully saturated rings. The normalized spacial score (nSPS) is 12.7. The van der Waals surface area contributed by atoms with Crippen molar-refractivity contribution in [2.45, 2.75) is 19.4 Å². The van der Waals surface area contributed by atoms with Gasteiger partial charge in [0.05, 0.1) is 5.02 Å². The number of aryl methyl sites for hydroxylation is 1. The molecule has 20 heavy (non-hydrogen) atoms. The minimum Gasteiger partial charge on any atom is -0.347 e. The first-order chi connectivity index (χ1) is 9.45. The van der Waals surface area contributed by atoms with Crippen LogP contribution in [0.15, 0.2) is 12.3 Å². The Morgan fingerprint density at radius 3 is 2.80 bits per heavy atom. The molecule has 7 heteroatoms. The first-order valence-corrected chi connectivity index (χ1v) is 7.16. The van der Waals surface area contributed by atoms with Crippen LogP contribution in [0.5, 0.6) is 0 Å². The van der Waals surface area contributed by atoms with E-state index in [9.17, 15) is 4.79 Å². The van der Waals surface area contributed by atoms with Crippen molar-refractivity contribution < 1.29 is 4.79 Å². The van der Waals surface area contributed by atoms with Gasteiger partial charge in [-0.05, 0) is 13.0 Å². The summed E-state index contributed by atoms with van der Waals surface area (Å²) in [6.45, 7) is 1.83. The number of likely N-dealkylation sites (N-methyl/N-ethyl adjacent to an activating group) is 1. The van der Waals surface area contributed by atoms with Gasteiger partial charge in [0.15, 0.2) is 5.65 Å². The maximum atomic E-state index is 12.2. The molecule has 2 aromatic rings. The lowest BCUT2D eigenvalue weighted by Gasteiger charge is -2.20. The molecular weight excluding hydrogens is 299 g/mol. The Morgan fingerprint density at radius 1 is 1.50 bits per heavy atom. The molecule has 0 bridgehead atoms. The van der Waals surface area contributed by atoms with Gasteiger partial charge in [0, 0.05) is 32.6 Å². The van der Waals surface area contributed by atoms with E-state index in [0.717, 1.165) is 5.82 Å². The molecule has 108 valence electrons. The molecule has 0 aliphatic carbocycles. The number of nitrogens with zero attached hydrogens (tertiary/aromatic N) is 4. The number of halogens is 2. The highest BCUT2D eigenvalue weighted by Gasteiger charge is 2.23. The summed E-state index contributed by atoms with van der Waals surface area (Å²) in [6, 6.07) is 1.35. The molecular formula is C13H16Cl2N4O. The van der Waals surface area contributed by atoms with Crippen LogP contribution in [0, 0.1) is 0 Å². The lowest BCUT2D eigenvalue weighted by molar-refractivity contribution is -0.131. The van der Waals surface area contributed by atoms with Gasteiger partial charge in [0.1, 0.15) is 17.4 Å². The van der Waals surface area contributed by atoms with Crippen molar-refractivity contribution in [1.29, 1.82) is 0 Å². The van der Waals surface area contributed by atoms with Crippen LogP contribution < -0.4 is 0 Å². The first kappa shape index (κ1) is 15.1. The third-order valence-electron chi connectivity index (χ3n) is 3.07. The van der Waals surface area contributed by atoms with E-state index in [-0.39, 0.29) is 11.9 Å². The zero-order chi connectivity index (χ0) is 14.9. The van der Waals surface area contributed by atoms with Crippen molar-refractivity contribution in [1.82, 2.24) is 19.4 Å². The number of carbonyl (C=O) groups is 1. The van der Waals surface area contributed by atoms with Gasteiger partial charge in [-0.3, -0.25) is 4.79 Å². The molecule has 0 aliphatic heterocycles. The van der Waals surface area contributed by atoms with Crippen molar-refractivity contribution in [3.8, 4) is 0 Å². The van der Waals surface area contributed by atoms with Crippen LogP contribution >= 0.6 is 23.2 Å². The summed E-state index contributed by atoms with van der Waals surface area (Å²) < 4.78 is 1.83. The molecule has 5 nitrogen and oxygen atoms in total. The maximum absolute atomic E-state index is 12.2. The number of hydrogen-bond donors (Lipinski definition) is 0. The van der Waals surface area contributed by atoms with E-state index in [2.05, 4.69) is 9.97 Å². The third kappa shape index (κ3) is 2.74. The fourth-order valence-corrected chi connectivity index (χ4v) is 2.48. The fraction of sp³-hybridized carbons (Fsp3) is 0.462. The van der Waals surface area contributed by atoms with Crippen LogP contribution in [0.25, 0.3) is 11.2 Å². The Labute approximate surface area is 127 Å². The molecule has 2 aromatic heterocycles. The Hall–Kier alpha value is -1.33. The standard InChI is InChI=1S/C13H16Cl2N4O/c1-8(13(20)18(2)3)19-11(4-5-14)17-10-6-9(15)7-16-12(10)19/h6-8H,4-5H2,1-3H3. The molecule has 1 amide bonds. The quantitative estimate of drug-likeness (QED) is 0.815. The molecule has 1 atom stereocenters. The van der Waals surface area contributed by atoms with Crippen LogP contribution in [0.2, 0.25) is 5.02 Å². The summed E-state index contributed by atoms with van der Waals surface area (Å²) in [5, 5.41) is 0.520. The summed E-state index contributed by atoms with van der Waals surface area (Å²) in [7, 11) is 3.45. The monoisotopic (exact) mass is 314 g/mol. The second kappa shape index (κ2) is 5.97. The van der Waals surface area contributed by atoms with E-state index in [4.69, 9.17) is 23.2 Å². The molecule has 0 saturated heterocycles. The molecule has 2 rings (SSSR count). The summed E-state index contributed by atoms with van der Waals surface area (Å²) in [5.74, 6) is 1.16. The first-order valence-electron chi connectivity index (χ1n) is 6.25. The lowest BCUT2D eigenvalue weighted by Crippen LogP contribution is -2.30. The van der Waals surface area contributed by atoms with E-state index in [1.165, 1.54) is 0 Å². The number of rotatable bonds is 4. The average Bonchev–Trinajstić information content (AvgIpc) is 2.74. The molecule has 0 saturated carbocycles. The molecule has 1 unspecified atom stereocenters. The second-order valence-electron chi connectivity index (χ2n) is 4.74. The van der Waals surface area contributed by atoms with E-state index < -0.39 is 0 Å². The van der Waals surface area contributed by atoms with E-state index in [1.807, 2.05) is 11.5 Å². The predicted octanol–water partition coefficient (Wildman–Crippen LogP) is 2.52. The van der Waals surface area contributed by atoms with Crippen molar-refractivity contribution in [2.24, 2.45) is 0 Å². The number of aromatic nitrogens is 3. The smallest absolute Gasteiger partial charge is 0.244 e. The van der Waals surface area contributed by atoms with E-state index in [1.54, 1.807) is 31.3 Å². The molecule has 0 radical (unpaired) electrons. The summed E-state index contributed by atoms with van der Waals surface area (Å²) in [6.07, 6.45) is 2.12. The van der Waals surface area contributed by atoms with Gasteiger partial charge >= 0.3 is 0 Å². The summed E-state index contributed by atoms with van der Waals surface area (Å²) in [4.78, 5) is 22.5. The number of alkyl halides is 1. The highest BCUT2D eigenvalue weighted by Crippen LogP contribution is 2.23. The van der Waals surface area contributed by atoms with Crippen LogP contribution in [-0.4, -0.2) is 45.3 Å². The fourth-order valence-electron chi connectivity index (χ4n) is 2.16. The number of amides is 1.